The number of carbonyl (C=O) groups excluding carboxylic acids is 1. The molecule has 2 aromatic heterocycles. The van der Waals surface area contributed by atoms with Crippen molar-refractivity contribution >= 4 is 23.2 Å². The van der Waals surface area contributed by atoms with E-state index in [4.69, 9.17) is 16.0 Å². The van der Waals surface area contributed by atoms with E-state index in [9.17, 15) is 9.18 Å². The van der Waals surface area contributed by atoms with Gasteiger partial charge in [-0.25, -0.2) is 9.37 Å². The third kappa shape index (κ3) is 2.99. The number of furan rings is 1. The van der Waals surface area contributed by atoms with Crippen molar-refractivity contribution < 1.29 is 13.6 Å². The van der Waals surface area contributed by atoms with Crippen molar-refractivity contribution in [3.8, 4) is 11.3 Å². The molecule has 110 valence electrons. The number of carbonyl (C=O) groups is 1. The Morgan fingerprint density at radius 1 is 1.23 bits per heavy atom. The molecule has 1 N–H and O–H groups in total. The van der Waals surface area contributed by atoms with Crippen LogP contribution in [-0.4, -0.2) is 10.9 Å². The fourth-order valence-electron chi connectivity index (χ4n) is 1.91. The second-order valence-corrected chi connectivity index (χ2v) is 4.92. The van der Waals surface area contributed by atoms with Crippen LogP contribution in [0.3, 0.4) is 0 Å². The molecule has 0 fully saturated rings. The molecule has 3 rings (SSSR count). The molecule has 0 saturated carbocycles. The number of aromatic nitrogens is 1. The fourth-order valence-corrected chi connectivity index (χ4v) is 2.03. The van der Waals surface area contributed by atoms with Crippen LogP contribution in [-0.2, 0) is 0 Å². The predicted octanol–water partition coefficient (Wildman–Crippen LogP) is 4.39. The number of nitrogens with zero attached hydrogens (tertiary/aromatic N) is 1. The predicted molar refractivity (Wildman–Crippen MR) is 81.3 cm³/mol. The van der Waals surface area contributed by atoms with Crippen molar-refractivity contribution in [1.29, 1.82) is 0 Å². The zero-order valence-corrected chi connectivity index (χ0v) is 12.0. The summed E-state index contributed by atoms with van der Waals surface area (Å²) < 4.78 is 19.1. The molecule has 0 saturated heterocycles. The first kappa shape index (κ1) is 14.3. The molecule has 0 aliphatic heterocycles. The number of pyridine rings is 1. The van der Waals surface area contributed by atoms with Gasteiger partial charge in [0, 0.05) is 11.8 Å². The van der Waals surface area contributed by atoms with Gasteiger partial charge < -0.3 is 9.73 Å². The molecule has 0 radical (unpaired) electrons. The summed E-state index contributed by atoms with van der Waals surface area (Å²) in [5, 5.41) is 2.91. The van der Waals surface area contributed by atoms with Crippen LogP contribution in [0.1, 0.15) is 10.5 Å². The van der Waals surface area contributed by atoms with Gasteiger partial charge in [-0.3, -0.25) is 4.79 Å². The third-order valence-electron chi connectivity index (χ3n) is 2.98. The van der Waals surface area contributed by atoms with E-state index in [1.165, 1.54) is 30.7 Å². The standard InChI is InChI=1S/C16H10ClFN2O2/c17-11-4-6-13(19-9-11)16(21)20-14-8-10(3-5-12(14)18)15-2-1-7-22-15/h1-9H,(H,20,21). The van der Waals surface area contributed by atoms with Crippen LogP contribution in [0.15, 0.2) is 59.3 Å². The van der Waals surface area contributed by atoms with Gasteiger partial charge >= 0.3 is 0 Å². The normalized spacial score (nSPS) is 10.5. The fraction of sp³-hybridized carbons (Fsp3) is 0. The first-order valence-corrected chi connectivity index (χ1v) is 6.77. The van der Waals surface area contributed by atoms with E-state index in [0.29, 0.717) is 16.3 Å². The highest BCUT2D eigenvalue weighted by Gasteiger charge is 2.12. The summed E-state index contributed by atoms with van der Waals surface area (Å²) in [5.74, 6) is -0.482. The minimum absolute atomic E-state index is 0.0515. The Hall–Kier alpha value is -2.66. The molecule has 0 atom stereocenters. The summed E-state index contributed by atoms with van der Waals surface area (Å²) in [7, 11) is 0. The molecular formula is C16H10ClFN2O2. The number of hydrogen-bond acceptors (Lipinski definition) is 3. The van der Waals surface area contributed by atoms with Crippen molar-refractivity contribution in [1.82, 2.24) is 4.98 Å². The molecule has 0 spiro atoms. The largest absolute Gasteiger partial charge is 0.464 e. The Morgan fingerprint density at radius 3 is 2.77 bits per heavy atom. The summed E-state index contributed by atoms with van der Waals surface area (Å²) in [6.07, 6.45) is 2.88. The topological polar surface area (TPSA) is 55.1 Å². The number of nitrogens with one attached hydrogen (secondary N) is 1. The minimum Gasteiger partial charge on any atom is -0.464 e. The van der Waals surface area contributed by atoms with E-state index in [1.54, 1.807) is 24.3 Å². The van der Waals surface area contributed by atoms with E-state index >= 15 is 0 Å². The summed E-state index contributed by atoms with van der Waals surface area (Å²) in [6, 6.07) is 10.8. The van der Waals surface area contributed by atoms with Gasteiger partial charge in [-0.1, -0.05) is 11.6 Å². The van der Waals surface area contributed by atoms with Crippen molar-refractivity contribution in [2.75, 3.05) is 5.32 Å². The van der Waals surface area contributed by atoms with Crippen molar-refractivity contribution in [2.45, 2.75) is 0 Å². The van der Waals surface area contributed by atoms with Gasteiger partial charge in [-0.05, 0) is 42.5 Å². The Morgan fingerprint density at radius 2 is 2.09 bits per heavy atom. The maximum absolute atomic E-state index is 13.9. The maximum Gasteiger partial charge on any atom is 0.274 e. The Labute approximate surface area is 130 Å². The number of rotatable bonds is 3. The van der Waals surface area contributed by atoms with Crippen molar-refractivity contribution in [2.24, 2.45) is 0 Å². The van der Waals surface area contributed by atoms with Gasteiger partial charge in [-0.15, -0.1) is 0 Å². The van der Waals surface area contributed by atoms with Crippen LogP contribution >= 0.6 is 11.6 Å². The molecule has 6 heteroatoms. The van der Waals surface area contributed by atoms with Gasteiger partial charge in [0.1, 0.15) is 17.3 Å². The molecule has 1 amide bonds. The molecule has 0 aliphatic rings. The molecule has 0 aliphatic carbocycles. The van der Waals surface area contributed by atoms with Gasteiger partial charge in [0.15, 0.2) is 0 Å². The summed E-state index contributed by atoms with van der Waals surface area (Å²) in [5.41, 5.74) is 0.855. The molecule has 22 heavy (non-hydrogen) atoms. The summed E-state index contributed by atoms with van der Waals surface area (Å²) in [6.45, 7) is 0. The van der Waals surface area contributed by atoms with Crippen LogP contribution in [0.4, 0.5) is 10.1 Å². The van der Waals surface area contributed by atoms with E-state index in [-0.39, 0.29) is 11.4 Å². The number of amides is 1. The highest BCUT2D eigenvalue weighted by molar-refractivity contribution is 6.30. The second-order valence-electron chi connectivity index (χ2n) is 4.49. The van der Waals surface area contributed by atoms with Gasteiger partial charge in [0.25, 0.3) is 5.91 Å². The number of halogens is 2. The number of anilines is 1. The monoisotopic (exact) mass is 316 g/mol. The highest BCUT2D eigenvalue weighted by Crippen LogP contribution is 2.25. The van der Waals surface area contributed by atoms with Gasteiger partial charge in [-0.2, -0.15) is 0 Å². The lowest BCUT2D eigenvalue weighted by Crippen LogP contribution is -2.14. The lowest BCUT2D eigenvalue weighted by molar-refractivity contribution is 0.102. The average Bonchev–Trinajstić information content (AvgIpc) is 3.04. The van der Waals surface area contributed by atoms with Crippen LogP contribution in [0.5, 0.6) is 0 Å². The molecule has 4 nitrogen and oxygen atoms in total. The Kier molecular flexibility index (Phi) is 3.89. The molecule has 1 aromatic carbocycles. The van der Waals surface area contributed by atoms with Crippen LogP contribution in [0, 0.1) is 5.82 Å². The second kappa shape index (κ2) is 5.99. The lowest BCUT2D eigenvalue weighted by atomic mass is 10.1. The molecule has 2 heterocycles. The van der Waals surface area contributed by atoms with Gasteiger partial charge in [0.05, 0.1) is 17.0 Å². The summed E-state index contributed by atoms with van der Waals surface area (Å²) in [4.78, 5) is 16.0. The first-order valence-electron chi connectivity index (χ1n) is 6.40. The highest BCUT2D eigenvalue weighted by atomic mass is 35.5. The zero-order chi connectivity index (χ0) is 15.5. The van der Waals surface area contributed by atoms with E-state index < -0.39 is 11.7 Å². The molecule has 3 aromatic rings. The van der Waals surface area contributed by atoms with E-state index in [2.05, 4.69) is 10.3 Å². The first-order chi connectivity index (χ1) is 10.6. The Bertz CT molecular complexity index is 802. The van der Waals surface area contributed by atoms with Crippen LogP contribution in [0.25, 0.3) is 11.3 Å². The van der Waals surface area contributed by atoms with Crippen molar-refractivity contribution in [3.05, 3.63) is 71.5 Å². The summed E-state index contributed by atoms with van der Waals surface area (Å²) >= 11 is 5.71. The molecule has 0 bridgehead atoms. The van der Waals surface area contributed by atoms with E-state index in [0.717, 1.165) is 0 Å². The Balaban J connectivity index is 1.87. The zero-order valence-electron chi connectivity index (χ0n) is 11.2. The quantitative estimate of drug-likeness (QED) is 0.779. The SMILES string of the molecule is O=C(Nc1cc(-c2ccco2)ccc1F)c1ccc(Cl)cn1. The van der Waals surface area contributed by atoms with Crippen LogP contribution < -0.4 is 5.32 Å². The average molecular weight is 317 g/mol. The maximum atomic E-state index is 13.9. The van der Waals surface area contributed by atoms with E-state index in [1.807, 2.05) is 0 Å². The van der Waals surface area contributed by atoms with Crippen LogP contribution in [0.2, 0.25) is 5.02 Å². The van der Waals surface area contributed by atoms with Gasteiger partial charge in [0.2, 0.25) is 0 Å². The minimum atomic E-state index is -0.544. The molecular weight excluding hydrogens is 307 g/mol. The lowest BCUT2D eigenvalue weighted by Gasteiger charge is -2.07. The number of benzene rings is 1. The number of hydrogen-bond donors (Lipinski definition) is 1. The third-order valence-corrected chi connectivity index (χ3v) is 3.20. The smallest absolute Gasteiger partial charge is 0.274 e. The van der Waals surface area contributed by atoms with Crippen molar-refractivity contribution in [3.63, 3.8) is 0 Å². The molecule has 0 unspecified atom stereocenters.